The summed E-state index contributed by atoms with van der Waals surface area (Å²) in [5, 5.41) is 0. The van der Waals surface area contributed by atoms with E-state index < -0.39 is 11.7 Å². The Morgan fingerprint density at radius 2 is 1.95 bits per heavy atom. The molecule has 2 rings (SSSR count). The third-order valence-electron chi connectivity index (χ3n) is 3.82. The monoisotopic (exact) mass is 273 g/mol. The number of nitrogens with two attached hydrogens (primary N) is 1. The van der Waals surface area contributed by atoms with Crippen LogP contribution < -0.4 is 10.6 Å². The number of piperidine rings is 1. The van der Waals surface area contributed by atoms with Crippen LogP contribution in [0.25, 0.3) is 0 Å². The van der Waals surface area contributed by atoms with Crippen molar-refractivity contribution in [2.24, 2.45) is 11.8 Å². The summed E-state index contributed by atoms with van der Waals surface area (Å²) in [7, 11) is 0. The Morgan fingerprint density at radius 3 is 2.53 bits per heavy atom. The molecule has 0 spiro atoms. The molecule has 2 heterocycles. The zero-order valence-electron chi connectivity index (χ0n) is 11.0. The quantitative estimate of drug-likeness (QED) is 0.854. The van der Waals surface area contributed by atoms with Crippen molar-refractivity contribution in [2.75, 3.05) is 23.7 Å². The first kappa shape index (κ1) is 14.0. The Morgan fingerprint density at radius 1 is 1.26 bits per heavy atom. The summed E-state index contributed by atoms with van der Waals surface area (Å²) in [6, 6.07) is 1.96. The highest BCUT2D eigenvalue weighted by molar-refractivity contribution is 5.49. The van der Waals surface area contributed by atoms with Crippen LogP contribution in [0.5, 0.6) is 0 Å². The molecular formula is C13H18F3N3. The van der Waals surface area contributed by atoms with Crippen LogP contribution in [0.15, 0.2) is 12.1 Å². The normalized spacial score (nSPS) is 24.6. The Kier molecular flexibility index (Phi) is 3.60. The fourth-order valence-electron chi connectivity index (χ4n) is 2.33. The third kappa shape index (κ3) is 3.11. The molecule has 2 atom stereocenters. The number of nitrogen functional groups attached to an aromatic ring is 1. The fraction of sp³-hybridized carbons (Fsp3) is 0.615. The minimum atomic E-state index is -4.39. The van der Waals surface area contributed by atoms with Gasteiger partial charge in [0.2, 0.25) is 0 Å². The predicted molar refractivity (Wildman–Crippen MR) is 68.8 cm³/mol. The van der Waals surface area contributed by atoms with Gasteiger partial charge < -0.3 is 10.6 Å². The van der Waals surface area contributed by atoms with Crippen molar-refractivity contribution in [2.45, 2.75) is 26.4 Å². The number of aromatic nitrogens is 1. The predicted octanol–water partition coefficient (Wildman–Crippen LogP) is 3.16. The van der Waals surface area contributed by atoms with Crippen molar-refractivity contribution >= 4 is 11.6 Å². The van der Waals surface area contributed by atoms with E-state index in [0.717, 1.165) is 31.6 Å². The molecule has 1 fully saturated rings. The molecule has 1 aliphatic rings. The Bertz CT molecular complexity index is 459. The van der Waals surface area contributed by atoms with Crippen LogP contribution in [0.1, 0.15) is 25.8 Å². The van der Waals surface area contributed by atoms with E-state index in [2.05, 4.69) is 18.8 Å². The number of pyridine rings is 1. The Hall–Kier alpha value is -1.46. The van der Waals surface area contributed by atoms with Crippen LogP contribution in [0.2, 0.25) is 0 Å². The molecule has 1 aliphatic heterocycles. The highest BCUT2D eigenvalue weighted by Crippen LogP contribution is 2.33. The van der Waals surface area contributed by atoms with E-state index in [9.17, 15) is 13.2 Å². The van der Waals surface area contributed by atoms with E-state index in [1.165, 1.54) is 0 Å². The summed E-state index contributed by atoms with van der Waals surface area (Å²) in [5.74, 6) is 1.26. The standard InChI is InChI=1S/C13H18F3N3/c1-8-3-4-19(7-9(8)2)12-6-10(13(14,15)16)5-11(17)18-12/h5-6,8-9H,3-4,7H2,1-2H3,(H2,17,18). The summed E-state index contributed by atoms with van der Waals surface area (Å²) in [4.78, 5) is 5.92. The van der Waals surface area contributed by atoms with Gasteiger partial charge >= 0.3 is 6.18 Å². The second-order valence-electron chi connectivity index (χ2n) is 5.33. The van der Waals surface area contributed by atoms with Gasteiger partial charge in [-0.3, -0.25) is 0 Å². The smallest absolute Gasteiger partial charge is 0.384 e. The van der Waals surface area contributed by atoms with E-state index in [0.29, 0.717) is 17.7 Å². The molecular weight excluding hydrogens is 255 g/mol. The molecule has 0 radical (unpaired) electrons. The van der Waals surface area contributed by atoms with Gasteiger partial charge in [0.1, 0.15) is 11.6 Å². The van der Waals surface area contributed by atoms with Gasteiger partial charge in [-0.2, -0.15) is 13.2 Å². The number of hydrogen-bond acceptors (Lipinski definition) is 3. The van der Waals surface area contributed by atoms with Gasteiger partial charge in [-0.25, -0.2) is 4.98 Å². The molecule has 19 heavy (non-hydrogen) atoms. The second kappa shape index (κ2) is 4.90. The molecule has 1 saturated heterocycles. The molecule has 0 aliphatic carbocycles. The van der Waals surface area contributed by atoms with Crippen LogP contribution in [0, 0.1) is 11.8 Å². The van der Waals surface area contributed by atoms with Gasteiger partial charge in [0.15, 0.2) is 0 Å². The van der Waals surface area contributed by atoms with Crippen LogP contribution in [-0.4, -0.2) is 18.1 Å². The lowest BCUT2D eigenvalue weighted by Crippen LogP contribution is -2.39. The molecule has 0 amide bonds. The minimum Gasteiger partial charge on any atom is -0.384 e. The molecule has 1 aromatic heterocycles. The lowest BCUT2D eigenvalue weighted by Gasteiger charge is -2.36. The van der Waals surface area contributed by atoms with Gasteiger partial charge in [-0.05, 0) is 30.4 Å². The van der Waals surface area contributed by atoms with Crippen molar-refractivity contribution in [3.8, 4) is 0 Å². The van der Waals surface area contributed by atoms with Crippen molar-refractivity contribution in [1.82, 2.24) is 4.98 Å². The number of rotatable bonds is 1. The minimum absolute atomic E-state index is 0.0869. The average Bonchev–Trinajstić information content (AvgIpc) is 2.31. The van der Waals surface area contributed by atoms with Gasteiger partial charge in [-0.1, -0.05) is 13.8 Å². The van der Waals surface area contributed by atoms with E-state index in [1.54, 1.807) is 0 Å². The maximum Gasteiger partial charge on any atom is 0.416 e. The summed E-state index contributed by atoms with van der Waals surface area (Å²) < 4.78 is 38.3. The molecule has 0 saturated carbocycles. The lowest BCUT2D eigenvalue weighted by molar-refractivity contribution is -0.137. The Labute approximate surface area is 110 Å². The average molecular weight is 273 g/mol. The van der Waals surface area contributed by atoms with Crippen LogP contribution in [0.4, 0.5) is 24.8 Å². The van der Waals surface area contributed by atoms with Gasteiger partial charge in [0.25, 0.3) is 0 Å². The first-order chi connectivity index (χ1) is 8.77. The SMILES string of the molecule is CC1CCN(c2cc(C(F)(F)F)cc(N)n2)CC1C. The zero-order valence-corrected chi connectivity index (χ0v) is 11.0. The molecule has 1 aromatic rings. The number of halogens is 3. The summed E-state index contributed by atoms with van der Waals surface area (Å²) in [6.45, 7) is 5.71. The molecule has 0 aromatic carbocycles. The van der Waals surface area contributed by atoms with Crippen molar-refractivity contribution in [1.29, 1.82) is 0 Å². The van der Waals surface area contributed by atoms with E-state index in [1.807, 2.05) is 4.90 Å². The molecule has 106 valence electrons. The van der Waals surface area contributed by atoms with Gasteiger partial charge in [0.05, 0.1) is 5.56 Å². The van der Waals surface area contributed by atoms with Gasteiger partial charge in [-0.15, -0.1) is 0 Å². The summed E-state index contributed by atoms with van der Waals surface area (Å²) in [6.07, 6.45) is -3.43. The van der Waals surface area contributed by atoms with Crippen LogP contribution >= 0.6 is 0 Å². The molecule has 6 heteroatoms. The molecule has 2 N–H and O–H groups in total. The van der Waals surface area contributed by atoms with E-state index in [4.69, 9.17) is 5.73 Å². The maximum absolute atomic E-state index is 12.8. The Balaban J connectivity index is 2.28. The largest absolute Gasteiger partial charge is 0.416 e. The highest BCUT2D eigenvalue weighted by Gasteiger charge is 2.32. The first-order valence-corrected chi connectivity index (χ1v) is 6.37. The van der Waals surface area contributed by atoms with Crippen LogP contribution in [-0.2, 0) is 6.18 Å². The topological polar surface area (TPSA) is 42.1 Å². The molecule has 0 bridgehead atoms. The van der Waals surface area contributed by atoms with E-state index in [-0.39, 0.29) is 5.82 Å². The number of nitrogens with zero attached hydrogens (tertiary/aromatic N) is 2. The summed E-state index contributed by atoms with van der Waals surface area (Å²) in [5.41, 5.74) is 4.75. The van der Waals surface area contributed by atoms with E-state index >= 15 is 0 Å². The number of alkyl halides is 3. The van der Waals surface area contributed by atoms with Gasteiger partial charge in [0, 0.05) is 13.1 Å². The van der Waals surface area contributed by atoms with Crippen molar-refractivity contribution < 1.29 is 13.2 Å². The van der Waals surface area contributed by atoms with Crippen molar-refractivity contribution in [3.63, 3.8) is 0 Å². The highest BCUT2D eigenvalue weighted by atomic mass is 19.4. The fourth-order valence-corrected chi connectivity index (χ4v) is 2.33. The zero-order chi connectivity index (χ0) is 14.2. The summed E-state index contributed by atoms with van der Waals surface area (Å²) >= 11 is 0. The number of anilines is 2. The van der Waals surface area contributed by atoms with Crippen LogP contribution in [0.3, 0.4) is 0 Å². The molecule has 3 nitrogen and oxygen atoms in total. The second-order valence-corrected chi connectivity index (χ2v) is 5.33. The lowest BCUT2D eigenvalue weighted by atomic mass is 9.89. The van der Waals surface area contributed by atoms with Crippen molar-refractivity contribution in [3.05, 3.63) is 17.7 Å². The third-order valence-corrected chi connectivity index (χ3v) is 3.82. The number of hydrogen-bond donors (Lipinski definition) is 1. The maximum atomic E-state index is 12.8. The first-order valence-electron chi connectivity index (χ1n) is 6.37. The molecule has 2 unspecified atom stereocenters.